The fourth-order valence-corrected chi connectivity index (χ4v) is 1.43. The van der Waals surface area contributed by atoms with Crippen LogP contribution >= 0.6 is 0 Å². The van der Waals surface area contributed by atoms with E-state index < -0.39 is 0 Å². The normalized spacial score (nSPS) is 18.7. The second kappa shape index (κ2) is 4.94. The van der Waals surface area contributed by atoms with Gasteiger partial charge in [0.15, 0.2) is 0 Å². The van der Waals surface area contributed by atoms with Crippen LogP contribution in [0.1, 0.15) is 5.56 Å². The Morgan fingerprint density at radius 1 is 1.50 bits per heavy atom. The molecule has 84 valence electrons. The Labute approximate surface area is 95.3 Å². The van der Waals surface area contributed by atoms with Crippen LogP contribution in [0.4, 0.5) is 0 Å². The highest BCUT2D eigenvalue weighted by Crippen LogP contribution is 2.10. The SMILES string of the molecule is CN(CC1CO1)C(=O)C=Cc1ccccc1. The number of likely N-dealkylation sites (N-methyl/N-ethyl adjacent to an activating group) is 1. The van der Waals surface area contributed by atoms with Gasteiger partial charge in [-0.1, -0.05) is 30.3 Å². The van der Waals surface area contributed by atoms with Gasteiger partial charge in [-0.3, -0.25) is 4.79 Å². The molecule has 1 unspecified atom stereocenters. The van der Waals surface area contributed by atoms with Crippen molar-refractivity contribution in [2.45, 2.75) is 6.10 Å². The van der Waals surface area contributed by atoms with Crippen molar-refractivity contribution in [1.29, 1.82) is 0 Å². The van der Waals surface area contributed by atoms with E-state index in [4.69, 9.17) is 4.74 Å². The Bertz CT molecular complexity index is 382. The van der Waals surface area contributed by atoms with Crippen molar-refractivity contribution >= 4 is 12.0 Å². The Morgan fingerprint density at radius 3 is 2.81 bits per heavy atom. The maximum absolute atomic E-state index is 11.7. The van der Waals surface area contributed by atoms with E-state index in [2.05, 4.69) is 0 Å². The number of benzene rings is 1. The monoisotopic (exact) mass is 217 g/mol. The smallest absolute Gasteiger partial charge is 0.246 e. The molecule has 0 N–H and O–H groups in total. The van der Waals surface area contributed by atoms with Gasteiger partial charge >= 0.3 is 0 Å². The Balaban J connectivity index is 1.88. The molecule has 1 aromatic carbocycles. The van der Waals surface area contributed by atoms with Crippen LogP contribution < -0.4 is 0 Å². The molecule has 1 aliphatic heterocycles. The molecule has 1 fully saturated rings. The van der Waals surface area contributed by atoms with Crippen LogP contribution in [-0.2, 0) is 9.53 Å². The van der Waals surface area contributed by atoms with Crippen LogP contribution in [0.15, 0.2) is 36.4 Å². The lowest BCUT2D eigenvalue weighted by Crippen LogP contribution is -2.28. The van der Waals surface area contributed by atoms with Crippen LogP contribution in [0.25, 0.3) is 6.08 Å². The first kappa shape index (κ1) is 10.9. The van der Waals surface area contributed by atoms with Crippen molar-refractivity contribution in [2.75, 3.05) is 20.2 Å². The highest BCUT2D eigenvalue weighted by atomic mass is 16.6. The third-order valence-electron chi connectivity index (χ3n) is 2.47. The number of ether oxygens (including phenoxy) is 1. The predicted molar refractivity (Wildman–Crippen MR) is 62.9 cm³/mol. The zero-order chi connectivity index (χ0) is 11.4. The molecular formula is C13H15NO2. The summed E-state index contributed by atoms with van der Waals surface area (Å²) in [5.74, 6) is 0.0133. The van der Waals surface area contributed by atoms with E-state index in [1.54, 1.807) is 18.0 Å². The number of carbonyl (C=O) groups is 1. The van der Waals surface area contributed by atoms with Gasteiger partial charge in [-0.05, 0) is 11.6 Å². The molecule has 1 saturated heterocycles. The zero-order valence-electron chi connectivity index (χ0n) is 9.30. The highest BCUT2D eigenvalue weighted by molar-refractivity contribution is 5.91. The summed E-state index contributed by atoms with van der Waals surface area (Å²) in [4.78, 5) is 13.3. The van der Waals surface area contributed by atoms with Crippen LogP contribution in [0.3, 0.4) is 0 Å². The van der Waals surface area contributed by atoms with Crippen molar-refractivity contribution < 1.29 is 9.53 Å². The van der Waals surface area contributed by atoms with Crippen molar-refractivity contribution in [3.8, 4) is 0 Å². The van der Waals surface area contributed by atoms with Crippen LogP contribution in [0.5, 0.6) is 0 Å². The average molecular weight is 217 g/mol. The first-order valence-electron chi connectivity index (χ1n) is 5.35. The summed E-state index contributed by atoms with van der Waals surface area (Å²) < 4.78 is 5.07. The fraction of sp³-hybridized carbons (Fsp3) is 0.308. The first-order valence-corrected chi connectivity index (χ1v) is 5.35. The lowest BCUT2D eigenvalue weighted by Gasteiger charge is -2.12. The Kier molecular flexibility index (Phi) is 3.37. The quantitative estimate of drug-likeness (QED) is 0.566. The maximum Gasteiger partial charge on any atom is 0.246 e. The van der Waals surface area contributed by atoms with E-state index >= 15 is 0 Å². The predicted octanol–water partition coefficient (Wildman–Crippen LogP) is 1.56. The average Bonchev–Trinajstić information content (AvgIpc) is 3.11. The molecular weight excluding hydrogens is 202 g/mol. The molecule has 0 radical (unpaired) electrons. The third-order valence-corrected chi connectivity index (χ3v) is 2.47. The topological polar surface area (TPSA) is 32.8 Å². The lowest BCUT2D eigenvalue weighted by molar-refractivity contribution is -0.124. The lowest BCUT2D eigenvalue weighted by atomic mass is 10.2. The van der Waals surface area contributed by atoms with Gasteiger partial charge in [0.2, 0.25) is 5.91 Å². The molecule has 1 amide bonds. The Hall–Kier alpha value is -1.61. The van der Waals surface area contributed by atoms with E-state index in [1.165, 1.54) is 0 Å². The van der Waals surface area contributed by atoms with Crippen molar-refractivity contribution in [3.05, 3.63) is 42.0 Å². The second-order valence-electron chi connectivity index (χ2n) is 3.92. The highest BCUT2D eigenvalue weighted by Gasteiger charge is 2.25. The zero-order valence-corrected chi connectivity index (χ0v) is 9.30. The summed E-state index contributed by atoms with van der Waals surface area (Å²) in [5.41, 5.74) is 1.03. The minimum Gasteiger partial charge on any atom is -0.371 e. The van der Waals surface area contributed by atoms with Gasteiger partial charge in [-0.15, -0.1) is 0 Å². The number of carbonyl (C=O) groups excluding carboxylic acids is 1. The number of amides is 1. The molecule has 0 bridgehead atoms. The largest absolute Gasteiger partial charge is 0.371 e. The Morgan fingerprint density at radius 2 is 2.19 bits per heavy atom. The van der Waals surface area contributed by atoms with E-state index in [-0.39, 0.29) is 12.0 Å². The van der Waals surface area contributed by atoms with Gasteiger partial charge in [-0.25, -0.2) is 0 Å². The molecule has 3 nitrogen and oxygen atoms in total. The van der Waals surface area contributed by atoms with Crippen molar-refractivity contribution in [1.82, 2.24) is 4.90 Å². The van der Waals surface area contributed by atoms with E-state index in [9.17, 15) is 4.79 Å². The molecule has 0 aromatic heterocycles. The van der Waals surface area contributed by atoms with Crippen LogP contribution in [0, 0.1) is 0 Å². The minimum atomic E-state index is 0.0133. The van der Waals surface area contributed by atoms with E-state index in [1.807, 2.05) is 36.4 Å². The summed E-state index contributed by atoms with van der Waals surface area (Å²) in [6.45, 7) is 1.46. The fourth-order valence-electron chi connectivity index (χ4n) is 1.43. The second-order valence-corrected chi connectivity index (χ2v) is 3.92. The standard InChI is InChI=1S/C13H15NO2/c1-14(9-12-10-16-12)13(15)8-7-11-5-3-2-4-6-11/h2-8,12H,9-10H2,1H3. The molecule has 0 aliphatic carbocycles. The molecule has 0 spiro atoms. The number of hydrogen-bond acceptors (Lipinski definition) is 2. The number of nitrogens with zero attached hydrogens (tertiary/aromatic N) is 1. The van der Waals surface area contributed by atoms with E-state index in [0.29, 0.717) is 6.54 Å². The summed E-state index contributed by atoms with van der Waals surface area (Å²) >= 11 is 0. The molecule has 1 heterocycles. The van der Waals surface area contributed by atoms with Crippen LogP contribution in [0.2, 0.25) is 0 Å². The molecule has 1 aromatic rings. The molecule has 1 aliphatic rings. The van der Waals surface area contributed by atoms with Gasteiger partial charge in [0.05, 0.1) is 12.7 Å². The van der Waals surface area contributed by atoms with Gasteiger partial charge in [0.25, 0.3) is 0 Å². The molecule has 2 rings (SSSR count). The summed E-state index contributed by atoms with van der Waals surface area (Å²) in [6, 6.07) is 9.79. The van der Waals surface area contributed by atoms with Crippen molar-refractivity contribution in [2.24, 2.45) is 0 Å². The number of rotatable bonds is 4. The molecule has 0 saturated carbocycles. The van der Waals surface area contributed by atoms with Crippen molar-refractivity contribution in [3.63, 3.8) is 0 Å². The molecule has 1 atom stereocenters. The van der Waals surface area contributed by atoms with Gasteiger partial charge in [-0.2, -0.15) is 0 Å². The van der Waals surface area contributed by atoms with Gasteiger partial charge in [0, 0.05) is 19.7 Å². The summed E-state index contributed by atoms with van der Waals surface area (Å²) in [7, 11) is 1.79. The third kappa shape index (κ3) is 3.21. The van der Waals surface area contributed by atoms with E-state index in [0.717, 1.165) is 12.2 Å². The molecule has 16 heavy (non-hydrogen) atoms. The van der Waals surface area contributed by atoms with Gasteiger partial charge < -0.3 is 9.64 Å². The maximum atomic E-state index is 11.7. The summed E-state index contributed by atoms with van der Waals surface area (Å²) in [6.07, 6.45) is 3.67. The van der Waals surface area contributed by atoms with Gasteiger partial charge in [0.1, 0.15) is 0 Å². The summed E-state index contributed by atoms with van der Waals surface area (Å²) in [5, 5.41) is 0. The number of hydrogen-bond donors (Lipinski definition) is 0. The number of epoxide rings is 1. The molecule has 3 heteroatoms. The van der Waals surface area contributed by atoms with Crippen LogP contribution in [-0.4, -0.2) is 37.1 Å². The first-order chi connectivity index (χ1) is 7.75. The minimum absolute atomic E-state index is 0.0133.